The van der Waals surface area contributed by atoms with Crippen molar-refractivity contribution < 1.29 is 4.79 Å². The van der Waals surface area contributed by atoms with Crippen molar-refractivity contribution in [3.8, 4) is 0 Å². The van der Waals surface area contributed by atoms with Gasteiger partial charge in [-0.25, -0.2) is 0 Å². The third-order valence-electron chi connectivity index (χ3n) is 2.43. The highest BCUT2D eigenvalue weighted by atomic mass is 16.1. The van der Waals surface area contributed by atoms with Gasteiger partial charge in [-0.2, -0.15) is 0 Å². The van der Waals surface area contributed by atoms with Crippen molar-refractivity contribution in [3.05, 3.63) is 65.7 Å². The molecule has 0 saturated carbocycles. The van der Waals surface area contributed by atoms with Crippen LogP contribution in [0, 0.1) is 0 Å². The van der Waals surface area contributed by atoms with E-state index < -0.39 is 0 Å². The van der Waals surface area contributed by atoms with Crippen molar-refractivity contribution >= 4 is 12.1 Å². The van der Waals surface area contributed by atoms with Crippen LogP contribution in [0.2, 0.25) is 0 Å². The monoisotopic (exact) mass is 211 g/mol. The molecule has 2 rings (SSSR count). The highest BCUT2D eigenvalue weighted by Crippen LogP contribution is 2.12. The smallest absolute Gasteiger partial charge is 0.211 e. The lowest BCUT2D eigenvalue weighted by Crippen LogP contribution is -1.94. The maximum absolute atomic E-state index is 10.2. The third kappa shape index (κ3) is 2.70. The Morgan fingerprint density at radius 3 is 2.12 bits per heavy atom. The molecule has 2 nitrogen and oxygen atoms in total. The van der Waals surface area contributed by atoms with E-state index in [-0.39, 0.29) is 0 Å². The number of amides is 1. The Hall–Kier alpha value is -2.09. The summed E-state index contributed by atoms with van der Waals surface area (Å²) in [4.78, 5) is 10.2. The Balaban J connectivity index is 2.08. The molecule has 16 heavy (non-hydrogen) atoms. The van der Waals surface area contributed by atoms with Gasteiger partial charge in [0.2, 0.25) is 6.41 Å². The minimum absolute atomic E-state index is 0.687. The highest BCUT2D eigenvalue weighted by molar-refractivity contribution is 5.71. The SMILES string of the molecule is O=CNc1ccc(Cc2ccccc2)cc1. The van der Waals surface area contributed by atoms with E-state index >= 15 is 0 Å². The molecule has 0 saturated heterocycles. The predicted octanol–water partition coefficient (Wildman–Crippen LogP) is 2.85. The number of nitrogens with one attached hydrogen (secondary N) is 1. The van der Waals surface area contributed by atoms with Crippen molar-refractivity contribution in [3.63, 3.8) is 0 Å². The number of rotatable bonds is 4. The second-order valence-corrected chi connectivity index (χ2v) is 3.62. The minimum atomic E-state index is 0.687. The molecular weight excluding hydrogens is 198 g/mol. The van der Waals surface area contributed by atoms with E-state index in [1.54, 1.807) is 0 Å². The normalized spacial score (nSPS) is 9.75. The zero-order valence-electron chi connectivity index (χ0n) is 8.89. The first kappa shape index (κ1) is 10.4. The van der Waals surface area contributed by atoms with Crippen molar-refractivity contribution in [2.75, 3.05) is 5.32 Å². The highest BCUT2D eigenvalue weighted by Gasteiger charge is 1.95. The van der Waals surface area contributed by atoms with Gasteiger partial charge in [-0.15, -0.1) is 0 Å². The van der Waals surface area contributed by atoms with Crippen molar-refractivity contribution in [1.29, 1.82) is 0 Å². The topological polar surface area (TPSA) is 29.1 Å². The molecule has 1 N–H and O–H groups in total. The standard InChI is InChI=1S/C14H13NO/c16-11-15-14-8-6-13(7-9-14)10-12-4-2-1-3-5-12/h1-9,11H,10H2,(H,15,16). The van der Waals surface area contributed by atoms with Crippen LogP contribution in [0.3, 0.4) is 0 Å². The molecule has 1 amide bonds. The summed E-state index contributed by atoms with van der Waals surface area (Å²) < 4.78 is 0. The Morgan fingerprint density at radius 1 is 0.875 bits per heavy atom. The van der Waals surface area contributed by atoms with Crippen LogP contribution in [-0.2, 0) is 11.2 Å². The van der Waals surface area contributed by atoms with Gasteiger partial charge < -0.3 is 5.32 Å². The lowest BCUT2D eigenvalue weighted by Gasteiger charge is -2.03. The van der Waals surface area contributed by atoms with E-state index in [0.29, 0.717) is 6.41 Å². The molecule has 0 aliphatic heterocycles. The van der Waals surface area contributed by atoms with Crippen LogP contribution in [0.1, 0.15) is 11.1 Å². The summed E-state index contributed by atoms with van der Waals surface area (Å²) in [6.07, 6.45) is 1.61. The summed E-state index contributed by atoms with van der Waals surface area (Å²) in [6.45, 7) is 0. The van der Waals surface area contributed by atoms with Gasteiger partial charge in [0.15, 0.2) is 0 Å². The summed E-state index contributed by atoms with van der Waals surface area (Å²) in [5, 5.41) is 2.62. The zero-order chi connectivity index (χ0) is 11.2. The van der Waals surface area contributed by atoms with Gasteiger partial charge in [-0.1, -0.05) is 42.5 Å². The molecule has 0 spiro atoms. The van der Waals surface area contributed by atoms with Gasteiger partial charge in [0, 0.05) is 5.69 Å². The van der Waals surface area contributed by atoms with E-state index in [1.165, 1.54) is 11.1 Å². The largest absolute Gasteiger partial charge is 0.329 e. The van der Waals surface area contributed by atoms with Gasteiger partial charge in [-0.3, -0.25) is 4.79 Å². The number of hydrogen-bond acceptors (Lipinski definition) is 1. The fraction of sp³-hybridized carbons (Fsp3) is 0.0714. The Kier molecular flexibility index (Phi) is 3.34. The van der Waals surface area contributed by atoms with Crippen LogP contribution >= 0.6 is 0 Å². The number of carbonyl (C=O) groups is 1. The maximum atomic E-state index is 10.2. The van der Waals surface area contributed by atoms with Crippen LogP contribution < -0.4 is 5.32 Å². The van der Waals surface area contributed by atoms with Crippen molar-refractivity contribution in [1.82, 2.24) is 0 Å². The lowest BCUT2D eigenvalue weighted by atomic mass is 10.1. The summed E-state index contributed by atoms with van der Waals surface area (Å²) in [7, 11) is 0. The van der Waals surface area contributed by atoms with E-state index in [2.05, 4.69) is 17.4 Å². The second kappa shape index (κ2) is 5.12. The fourth-order valence-electron chi connectivity index (χ4n) is 1.62. The maximum Gasteiger partial charge on any atom is 0.211 e. The molecule has 80 valence electrons. The molecular formula is C14H13NO. The third-order valence-corrected chi connectivity index (χ3v) is 2.43. The van der Waals surface area contributed by atoms with Crippen molar-refractivity contribution in [2.24, 2.45) is 0 Å². The number of hydrogen-bond donors (Lipinski definition) is 1. The van der Waals surface area contributed by atoms with Gasteiger partial charge in [0.05, 0.1) is 0 Å². The Labute approximate surface area is 94.9 Å². The molecule has 0 unspecified atom stereocenters. The van der Waals surface area contributed by atoms with E-state index in [4.69, 9.17) is 0 Å². The Morgan fingerprint density at radius 2 is 1.50 bits per heavy atom. The quantitative estimate of drug-likeness (QED) is 0.774. The second-order valence-electron chi connectivity index (χ2n) is 3.62. The average molecular weight is 211 g/mol. The molecule has 0 aromatic heterocycles. The summed E-state index contributed by atoms with van der Waals surface area (Å²) in [6, 6.07) is 18.2. The number of anilines is 1. The molecule has 2 aromatic carbocycles. The molecule has 0 heterocycles. The van der Waals surface area contributed by atoms with Crippen LogP contribution in [0.25, 0.3) is 0 Å². The predicted molar refractivity (Wildman–Crippen MR) is 65.4 cm³/mol. The van der Waals surface area contributed by atoms with Gasteiger partial charge in [-0.05, 0) is 29.7 Å². The molecule has 0 fully saturated rings. The van der Waals surface area contributed by atoms with E-state index in [9.17, 15) is 4.79 Å². The van der Waals surface area contributed by atoms with Crippen LogP contribution in [0.15, 0.2) is 54.6 Å². The van der Waals surface area contributed by atoms with Gasteiger partial charge in [0.1, 0.15) is 0 Å². The van der Waals surface area contributed by atoms with Gasteiger partial charge >= 0.3 is 0 Å². The van der Waals surface area contributed by atoms with Gasteiger partial charge in [0.25, 0.3) is 0 Å². The molecule has 0 aliphatic carbocycles. The van der Waals surface area contributed by atoms with Crippen LogP contribution in [-0.4, -0.2) is 6.41 Å². The molecule has 0 bridgehead atoms. The summed E-state index contributed by atoms with van der Waals surface area (Å²) in [5.41, 5.74) is 3.35. The van der Waals surface area contributed by atoms with Crippen LogP contribution in [0.4, 0.5) is 5.69 Å². The number of carbonyl (C=O) groups excluding carboxylic acids is 1. The first-order valence-electron chi connectivity index (χ1n) is 5.21. The first-order valence-corrected chi connectivity index (χ1v) is 5.21. The molecule has 2 aromatic rings. The first-order chi connectivity index (χ1) is 7.88. The van der Waals surface area contributed by atoms with Crippen molar-refractivity contribution in [2.45, 2.75) is 6.42 Å². The average Bonchev–Trinajstić information content (AvgIpc) is 2.33. The molecule has 2 heteroatoms. The molecule has 0 radical (unpaired) electrons. The summed E-state index contributed by atoms with van der Waals surface area (Å²) >= 11 is 0. The van der Waals surface area contributed by atoms with E-state index in [1.807, 2.05) is 42.5 Å². The number of benzene rings is 2. The fourth-order valence-corrected chi connectivity index (χ4v) is 1.62. The molecule has 0 atom stereocenters. The molecule has 0 aliphatic rings. The zero-order valence-corrected chi connectivity index (χ0v) is 8.89. The summed E-state index contributed by atoms with van der Waals surface area (Å²) in [5.74, 6) is 0. The van der Waals surface area contributed by atoms with E-state index in [0.717, 1.165) is 12.1 Å². The van der Waals surface area contributed by atoms with Crippen LogP contribution in [0.5, 0.6) is 0 Å². The minimum Gasteiger partial charge on any atom is -0.329 e. The lowest BCUT2D eigenvalue weighted by molar-refractivity contribution is -0.105. The Bertz CT molecular complexity index is 448.